The molecule has 0 aromatic carbocycles. The number of nitrogens with zero attached hydrogens (tertiary/aromatic N) is 1. The van der Waals surface area contributed by atoms with Crippen LogP contribution in [0.5, 0.6) is 0 Å². The molecule has 2 atom stereocenters. The van der Waals surface area contributed by atoms with E-state index in [-0.39, 0.29) is 38.2 Å². The zero-order valence-corrected chi connectivity index (χ0v) is 61.9. The minimum Gasteiger partial charge on any atom is -0.477 e. The van der Waals surface area contributed by atoms with Crippen molar-refractivity contribution in [2.24, 2.45) is 0 Å². The van der Waals surface area contributed by atoms with Crippen molar-refractivity contribution in [3.05, 3.63) is 85.1 Å². The van der Waals surface area contributed by atoms with Crippen LogP contribution in [0.1, 0.15) is 373 Å². The van der Waals surface area contributed by atoms with Gasteiger partial charge in [-0.05, 0) is 89.9 Å². The molecule has 0 spiro atoms. The number of carbonyl (C=O) groups is 3. The SMILES string of the molecule is CC/C=C\C/C=C\C/C=C\C/C=C\C/C=C\CCCCCCCCCCCCCCCCCCCCCCCCCC(=O)OC(COC(=O)CCCCCCCCCCCCCCCCCCC/C=C\C/C=C\CCCCCCC)COC(OCC[N+](C)(C)C)C(=O)O. The molecular formula is C84H152NO8+. The zero-order chi connectivity index (χ0) is 67.5. The van der Waals surface area contributed by atoms with E-state index in [0.29, 0.717) is 17.4 Å². The van der Waals surface area contributed by atoms with Crippen LogP contribution in [-0.2, 0) is 33.3 Å². The van der Waals surface area contributed by atoms with E-state index in [4.69, 9.17) is 18.9 Å². The molecule has 0 aliphatic heterocycles. The molecule has 2 unspecified atom stereocenters. The molecule has 0 fully saturated rings. The fourth-order valence-electron chi connectivity index (χ4n) is 11.6. The number of carboxylic acid groups (broad SMARTS) is 1. The van der Waals surface area contributed by atoms with Gasteiger partial charge in [0.1, 0.15) is 13.2 Å². The van der Waals surface area contributed by atoms with Gasteiger partial charge in [-0.1, -0.05) is 356 Å². The van der Waals surface area contributed by atoms with Crippen molar-refractivity contribution in [2.45, 2.75) is 386 Å². The number of esters is 2. The summed E-state index contributed by atoms with van der Waals surface area (Å²) in [6, 6.07) is 0. The maximum atomic E-state index is 13.0. The summed E-state index contributed by atoms with van der Waals surface area (Å²) in [4.78, 5) is 37.7. The van der Waals surface area contributed by atoms with Crippen LogP contribution in [0.2, 0.25) is 0 Å². The number of hydrogen-bond donors (Lipinski definition) is 1. The number of carboxylic acids is 1. The fraction of sp³-hybridized carbons (Fsp3) is 0.798. The maximum absolute atomic E-state index is 13.0. The average Bonchev–Trinajstić information content (AvgIpc) is 3.38. The Hall–Kier alpha value is -3.53. The summed E-state index contributed by atoms with van der Waals surface area (Å²) in [6.45, 7) is 4.81. The van der Waals surface area contributed by atoms with E-state index in [9.17, 15) is 19.5 Å². The number of hydrogen-bond acceptors (Lipinski definition) is 7. The molecule has 0 aromatic heterocycles. The number of aliphatic carboxylic acids is 1. The first kappa shape index (κ1) is 89.5. The molecule has 0 heterocycles. The Kier molecular flexibility index (Phi) is 71.4. The van der Waals surface area contributed by atoms with Gasteiger partial charge in [0, 0.05) is 12.8 Å². The van der Waals surface area contributed by atoms with Crippen molar-refractivity contribution in [3.8, 4) is 0 Å². The van der Waals surface area contributed by atoms with Crippen LogP contribution in [0.25, 0.3) is 0 Å². The second kappa shape index (κ2) is 74.3. The van der Waals surface area contributed by atoms with Crippen molar-refractivity contribution >= 4 is 17.9 Å². The summed E-state index contributed by atoms with van der Waals surface area (Å²) in [6.07, 6.45) is 98.8. The van der Waals surface area contributed by atoms with Crippen LogP contribution >= 0.6 is 0 Å². The Morgan fingerprint density at radius 1 is 0.333 bits per heavy atom. The molecule has 1 N–H and O–H groups in total. The Morgan fingerprint density at radius 3 is 0.914 bits per heavy atom. The van der Waals surface area contributed by atoms with Gasteiger partial charge in [0.15, 0.2) is 6.10 Å². The van der Waals surface area contributed by atoms with E-state index < -0.39 is 18.4 Å². The van der Waals surface area contributed by atoms with Gasteiger partial charge >= 0.3 is 17.9 Å². The summed E-state index contributed by atoms with van der Waals surface area (Å²) < 4.78 is 23.1. The quantitative estimate of drug-likeness (QED) is 0.0211. The van der Waals surface area contributed by atoms with Crippen molar-refractivity contribution < 1.29 is 42.9 Å². The van der Waals surface area contributed by atoms with Crippen LogP contribution in [0.3, 0.4) is 0 Å². The van der Waals surface area contributed by atoms with Crippen LogP contribution in [0, 0.1) is 0 Å². The predicted octanol–water partition coefficient (Wildman–Crippen LogP) is 25.4. The number of ether oxygens (including phenoxy) is 4. The van der Waals surface area contributed by atoms with Gasteiger partial charge in [0.25, 0.3) is 6.29 Å². The first-order valence-corrected chi connectivity index (χ1v) is 39.8. The summed E-state index contributed by atoms with van der Waals surface area (Å²) in [5.41, 5.74) is 0. The number of quaternary nitrogens is 1. The Balaban J connectivity index is 3.98. The molecule has 0 bridgehead atoms. The number of carbonyl (C=O) groups excluding carboxylic acids is 2. The van der Waals surface area contributed by atoms with Crippen molar-refractivity contribution in [3.63, 3.8) is 0 Å². The minimum atomic E-state index is -1.51. The van der Waals surface area contributed by atoms with Gasteiger partial charge in [-0.2, -0.15) is 0 Å². The lowest BCUT2D eigenvalue weighted by Crippen LogP contribution is -2.40. The van der Waals surface area contributed by atoms with Crippen LogP contribution in [0.4, 0.5) is 0 Å². The highest BCUT2D eigenvalue weighted by atomic mass is 16.7. The normalized spacial score (nSPS) is 13.1. The van der Waals surface area contributed by atoms with E-state index >= 15 is 0 Å². The molecular weight excluding hydrogens is 1150 g/mol. The molecule has 9 nitrogen and oxygen atoms in total. The lowest BCUT2D eigenvalue weighted by atomic mass is 10.0. The predicted molar refractivity (Wildman–Crippen MR) is 401 cm³/mol. The second-order valence-corrected chi connectivity index (χ2v) is 28.0. The standard InChI is InChI=1S/C84H151NO8/c1-6-8-10-12-14-16-18-20-22-24-26-28-30-32-34-36-37-38-39-40-41-42-43-44-45-47-49-51-53-55-57-59-61-63-65-67-69-71-73-75-82(87)93-80(79-92-84(83(88)89)90-77-76-85(3,4)5)78-91-81(86)74-72-70-68-66-64-62-60-58-56-54-52-50-48-46-35-33-31-29-27-25-23-21-19-17-15-13-11-9-7-2/h8,10,14,16,19-22,25-28,32,34,80,84H,6-7,9,11-13,15,17-18,23-24,29-31,33,35-79H2,1-5H3/p+1/b10-8-,16-14-,21-19-,22-20-,27-25-,28-26-,34-32-. The van der Waals surface area contributed by atoms with Crippen molar-refractivity contribution in [1.29, 1.82) is 0 Å². The van der Waals surface area contributed by atoms with Crippen LogP contribution in [0.15, 0.2) is 85.1 Å². The van der Waals surface area contributed by atoms with Crippen molar-refractivity contribution in [2.75, 3.05) is 47.5 Å². The Morgan fingerprint density at radius 2 is 0.613 bits per heavy atom. The molecule has 0 aliphatic carbocycles. The first-order valence-electron chi connectivity index (χ1n) is 39.8. The number of unbranched alkanes of at least 4 members (excludes halogenated alkanes) is 45. The molecule has 0 saturated carbocycles. The smallest absolute Gasteiger partial charge is 0.361 e. The molecule has 0 saturated heterocycles. The van der Waals surface area contributed by atoms with E-state index in [2.05, 4.69) is 98.9 Å². The molecule has 0 radical (unpaired) electrons. The second-order valence-electron chi connectivity index (χ2n) is 28.0. The zero-order valence-electron chi connectivity index (χ0n) is 61.9. The third-order valence-electron chi connectivity index (χ3n) is 17.6. The number of likely N-dealkylation sites (N-methyl/N-ethyl adjacent to an activating group) is 1. The van der Waals surface area contributed by atoms with Crippen LogP contribution in [-0.4, -0.2) is 87.4 Å². The average molecular weight is 1300 g/mol. The highest BCUT2D eigenvalue weighted by Gasteiger charge is 2.25. The monoisotopic (exact) mass is 1300 g/mol. The first-order chi connectivity index (χ1) is 45.6. The minimum absolute atomic E-state index is 0.179. The summed E-state index contributed by atoms with van der Waals surface area (Å²) >= 11 is 0. The van der Waals surface area contributed by atoms with Gasteiger partial charge in [-0.15, -0.1) is 0 Å². The topological polar surface area (TPSA) is 108 Å². The third-order valence-corrected chi connectivity index (χ3v) is 17.6. The van der Waals surface area contributed by atoms with Gasteiger partial charge in [-0.25, -0.2) is 4.79 Å². The summed E-state index contributed by atoms with van der Waals surface area (Å²) in [7, 11) is 5.99. The maximum Gasteiger partial charge on any atom is 0.361 e. The van der Waals surface area contributed by atoms with Gasteiger partial charge in [0.05, 0.1) is 34.4 Å². The lowest BCUT2D eigenvalue weighted by Gasteiger charge is -2.25. The van der Waals surface area contributed by atoms with E-state index in [0.717, 1.165) is 77.0 Å². The molecule has 0 aromatic rings. The Labute approximate surface area is 576 Å². The van der Waals surface area contributed by atoms with Gasteiger partial charge in [0.2, 0.25) is 0 Å². The molecule has 540 valence electrons. The van der Waals surface area contributed by atoms with Crippen molar-refractivity contribution in [1.82, 2.24) is 0 Å². The highest BCUT2D eigenvalue weighted by Crippen LogP contribution is 2.19. The van der Waals surface area contributed by atoms with Crippen LogP contribution < -0.4 is 0 Å². The van der Waals surface area contributed by atoms with E-state index in [1.165, 1.54) is 270 Å². The lowest BCUT2D eigenvalue weighted by molar-refractivity contribution is -0.870. The molecule has 9 heteroatoms. The van der Waals surface area contributed by atoms with E-state index in [1.54, 1.807) is 0 Å². The Bertz CT molecular complexity index is 1810. The molecule has 0 rings (SSSR count). The largest absolute Gasteiger partial charge is 0.477 e. The molecule has 93 heavy (non-hydrogen) atoms. The van der Waals surface area contributed by atoms with Gasteiger partial charge in [-0.3, -0.25) is 9.59 Å². The summed E-state index contributed by atoms with van der Waals surface area (Å²) in [5, 5.41) is 9.77. The highest BCUT2D eigenvalue weighted by molar-refractivity contribution is 5.71. The molecule has 0 aliphatic rings. The third kappa shape index (κ3) is 75.7. The summed E-state index contributed by atoms with van der Waals surface area (Å²) in [5.74, 6) is -1.98. The fourth-order valence-corrected chi connectivity index (χ4v) is 11.6. The van der Waals surface area contributed by atoms with E-state index in [1.807, 2.05) is 21.1 Å². The number of rotatable bonds is 74. The molecule has 0 amide bonds. The van der Waals surface area contributed by atoms with Gasteiger partial charge < -0.3 is 28.5 Å². The number of allylic oxidation sites excluding steroid dienone is 14.